The van der Waals surface area contributed by atoms with E-state index in [0.717, 1.165) is 0 Å². The third kappa shape index (κ3) is 5.81. The number of benzene rings is 2. The monoisotopic (exact) mass is 502 g/mol. The van der Waals surface area contributed by atoms with Crippen molar-refractivity contribution in [2.45, 2.75) is 37.1 Å². The largest absolute Gasteiger partial charge is 0.534 e. The molecular formula is C21H21F3N2O5S2. The van der Waals surface area contributed by atoms with Gasteiger partial charge >= 0.3 is 15.6 Å². The lowest BCUT2D eigenvalue weighted by Crippen LogP contribution is -2.36. The van der Waals surface area contributed by atoms with Crippen molar-refractivity contribution in [2.75, 3.05) is 0 Å². The second-order valence-electron chi connectivity index (χ2n) is 7.88. The molecule has 0 bridgehead atoms. The normalized spacial score (nSPS) is 14.6. The molecule has 1 aromatic heterocycles. The lowest BCUT2D eigenvalue weighted by atomic mass is 10.1. The van der Waals surface area contributed by atoms with Crippen molar-refractivity contribution in [1.29, 1.82) is 0 Å². The van der Waals surface area contributed by atoms with Gasteiger partial charge in [-0.15, -0.1) is 0 Å². The van der Waals surface area contributed by atoms with Crippen molar-refractivity contribution in [3.05, 3.63) is 72.0 Å². The van der Waals surface area contributed by atoms with Crippen LogP contribution in [0.3, 0.4) is 0 Å². The van der Waals surface area contributed by atoms with Gasteiger partial charge in [-0.3, -0.25) is 0 Å². The SMILES string of the molecule is CC(C)(C)[S@](=O)N[C@H](c1ccccc1)c1oc(-c2ccccc2)nc1OS(=O)(=O)C(F)(F)F. The smallest absolute Gasteiger partial charge is 0.435 e. The molecule has 2 atom stereocenters. The van der Waals surface area contributed by atoms with E-state index in [1.807, 2.05) is 0 Å². The van der Waals surface area contributed by atoms with Crippen LogP contribution in [-0.4, -0.2) is 27.9 Å². The van der Waals surface area contributed by atoms with Gasteiger partial charge in [0.1, 0.15) is 6.04 Å². The molecule has 0 amide bonds. The van der Waals surface area contributed by atoms with Crippen LogP contribution < -0.4 is 8.91 Å². The van der Waals surface area contributed by atoms with Crippen LogP contribution in [0.15, 0.2) is 65.1 Å². The minimum absolute atomic E-state index is 0.165. The molecule has 0 aliphatic heterocycles. The molecule has 178 valence electrons. The van der Waals surface area contributed by atoms with Crippen LogP contribution in [0.4, 0.5) is 13.2 Å². The first-order chi connectivity index (χ1) is 15.3. The molecule has 0 aliphatic rings. The topological polar surface area (TPSA) is 98.5 Å². The second-order valence-corrected chi connectivity index (χ2v) is 11.4. The molecule has 2 aromatic carbocycles. The number of halogens is 3. The van der Waals surface area contributed by atoms with Gasteiger partial charge in [0.25, 0.3) is 5.88 Å². The fourth-order valence-electron chi connectivity index (χ4n) is 2.62. The first-order valence-corrected chi connectivity index (χ1v) is 12.2. The zero-order valence-corrected chi connectivity index (χ0v) is 19.4. The summed E-state index contributed by atoms with van der Waals surface area (Å²) in [4.78, 5) is 3.89. The molecule has 3 aromatic rings. The van der Waals surface area contributed by atoms with Gasteiger partial charge in [-0.25, -0.2) is 8.93 Å². The Bertz CT molecular complexity index is 1220. The van der Waals surface area contributed by atoms with E-state index < -0.39 is 43.3 Å². The summed E-state index contributed by atoms with van der Waals surface area (Å²) >= 11 is 0. The quantitative estimate of drug-likeness (QED) is 0.371. The number of nitrogens with zero attached hydrogens (tertiary/aromatic N) is 1. The van der Waals surface area contributed by atoms with Crippen molar-refractivity contribution in [2.24, 2.45) is 0 Å². The summed E-state index contributed by atoms with van der Waals surface area (Å²) in [5.74, 6) is -1.44. The molecule has 7 nitrogen and oxygen atoms in total. The van der Waals surface area contributed by atoms with Gasteiger partial charge in [0.05, 0.1) is 15.7 Å². The highest BCUT2D eigenvalue weighted by Gasteiger charge is 2.50. The minimum Gasteiger partial charge on any atom is -0.435 e. The lowest BCUT2D eigenvalue weighted by Gasteiger charge is -2.23. The predicted octanol–water partition coefficient (Wildman–Crippen LogP) is 4.71. The molecule has 33 heavy (non-hydrogen) atoms. The summed E-state index contributed by atoms with van der Waals surface area (Å²) in [6.45, 7) is 5.08. The molecule has 12 heteroatoms. The fourth-order valence-corrected chi connectivity index (χ4v) is 3.85. The average molecular weight is 503 g/mol. The number of rotatable bonds is 7. The van der Waals surface area contributed by atoms with Crippen LogP contribution in [-0.2, 0) is 21.1 Å². The van der Waals surface area contributed by atoms with Gasteiger partial charge in [-0.2, -0.15) is 26.6 Å². The van der Waals surface area contributed by atoms with Crippen LogP contribution in [0.2, 0.25) is 0 Å². The Kier molecular flexibility index (Phi) is 7.01. The van der Waals surface area contributed by atoms with E-state index >= 15 is 0 Å². The van der Waals surface area contributed by atoms with Crippen molar-refractivity contribution >= 4 is 21.1 Å². The maximum absolute atomic E-state index is 13.0. The molecule has 0 radical (unpaired) electrons. The van der Waals surface area contributed by atoms with E-state index in [2.05, 4.69) is 13.9 Å². The summed E-state index contributed by atoms with van der Waals surface area (Å²) in [6.07, 6.45) is 0. The van der Waals surface area contributed by atoms with E-state index in [1.165, 1.54) is 0 Å². The van der Waals surface area contributed by atoms with E-state index in [-0.39, 0.29) is 11.7 Å². The molecule has 0 saturated heterocycles. The highest BCUT2D eigenvalue weighted by molar-refractivity contribution is 7.88. The van der Waals surface area contributed by atoms with Crippen LogP contribution >= 0.6 is 0 Å². The highest BCUT2D eigenvalue weighted by atomic mass is 32.2. The van der Waals surface area contributed by atoms with Crippen LogP contribution in [0.5, 0.6) is 5.88 Å². The van der Waals surface area contributed by atoms with E-state index in [1.54, 1.807) is 81.4 Å². The maximum Gasteiger partial charge on any atom is 0.534 e. The zero-order chi connectivity index (χ0) is 24.4. The standard InChI is InChI=1S/C21H21F3N2O5S2/c1-20(2,3)32(27)26-16(14-10-6-4-7-11-14)17-19(31-33(28,29)21(22,23)24)25-18(30-17)15-12-8-5-9-13-15/h4-13,16,26H,1-3H3/t16-,32+/m1/s1. The molecule has 0 saturated carbocycles. The Hall–Kier alpha value is -2.70. The second kappa shape index (κ2) is 9.27. The van der Waals surface area contributed by atoms with E-state index in [0.29, 0.717) is 11.1 Å². The summed E-state index contributed by atoms with van der Waals surface area (Å²) < 4.78 is 87.6. The molecule has 0 aliphatic carbocycles. The summed E-state index contributed by atoms with van der Waals surface area (Å²) in [7, 11) is -7.76. The summed E-state index contributed by atoms with van der Waals surface area (Å²) in [5.41, 5.74) is -4.86. The molecule has 0 unspecified atom stereocenters. The number of aromatic nitrogens is 1. The Morgan fingerprint density at radius 2 is 1.55 bits per heavy atom. The molecule has 3 rings (SSSR count). The van der Waals surface area contributed by atoms with Gasteiger partial charge in [0.15, 0.2) is 5.76 Å². The van der Waals surface area contributed by atoms with Crippen molar-refractivity contribution in [3.63, 3.8) is 0 Å². The van der Waals surface area contributed by atoms with Gasteiger partial charge < -0.3 is 8.60 Å². The molecule has 0 fully saturated rings. The first kappa shape index (κ1) is 24.9. The molecule has 1 heterocycles. The Balaban J connectivity index is 2.19. The first-order valence-electron chi connectivity index (χ1n) is 9.59. The molecule has 0 spiro atoms. The number of hydrogen-bond acceptors (Lipinski definition) is 6. The van der Waals surface area contributed by atoms with E-state index in [4.69, 9.17) is 4.42 Å². The maximum atomic E-state index is 13.0. The van der Waals surface area contributed by atoms with Crippen LogP contribution in [0.1, 0.15) is 38.1 Å². The summed E-state index contributed by atoms with van der Waals surface area (Å²) in [6, 6.07) is 15.3. The van der Waals surface area contributed by atoms with Gasteiger partial charge in [-0.1, -0.05) is 48.5 Å². The molecular weight excluding hydrogens is 481 g/mol. The van der Waals surface area contributed by atoms with Gasteiger partial charge in [0.2, 0.25) is 5.89 Å². The van der Waals surface area contributed by atoms with Crippen molar-refractivity contribution in [3.8, 4) is 17.3 Å². The van der Waals surface area contributed by atoms with Crippen molar-refractivity contribution in [1.82, 2.24) is 9.71 Å². The Morgan fingerprint density at radius 1 is 1.00 bits per heavy atom. The van der Waals surface area contributed by atoms with Gasteiger partial charge in [-0.05, 0) is 38.5 Å². The Labute approximate surface area is 191 Å². The Morgan fingerprint density at radius 3 is 2.06 bits per heavy atom. The third-order valence-electron chi connectivity index (χ3n) is 4.29. The van der Waals surface area contributed by atoms with Crippen LogP contribution in [0, 0.1) is 0 Å². The average Bonchev–Trinajstić information content (AvgIpc) is 3.14. The summed E-state index contributed by atoms with van der Waals surface area (Å²) in [5, 5.41) is 0. The number of hydrogen-bond donors (Lipinski definition) is 1. The molecule has 1 N–H and O–H groups in total. The number of alkyl halides is 3. The van der Waals surface area contributed by atoms with E-state index in [9.17, 15) is 25.8 Å². The number of nitrogens with one attached hydrogen (secondary N) is 1. The highest BCUT2D eigenvalue weighted by Crippen LogP contribution is 2.37. The minimum atomic E-state index is -6.04. The zero-order valence-electron chi connectivity index (χ0n) is 17.8. The van der Waals surface area contributed by atoms with Crippen molar-refractivity contribution < 1.29 is 34.4 Å². The predicted molar refractivity (Wildman–Crippen MR) is 117 cm³/mol. The van der Waals surface area contributed by atoms with Gasteiger partial charge in [0, 0.05) is 5.56 Å². The van der Waals surface area contributed by atoms with Crippen LogP contribution in [0.25, 0.3) is 11.5 Å². The third-order valence-corrected chi connectivity index (χ3v) is 6.80. The number of oxazole rings is 1. The lowest BCUT2D eigenvalue weighted by molar-refractivity contribution is -0.0501. The fraction of sp³-hybridized carbons (Fsp3) is 0.286.